The van der Waals surface area contributed by atoms with E-state index in [0.717, 1.165) is 67.9 Å². The maximum atomic E-state index is 9.55. The van der Waals surface area contributed by atoms with Gasteiger partial charge in [0.25, 0.3) is 0 Å². The molecule has 1 aliphatic rings. The van der Waals surface area contributed by atoms with Gasteiger partial charge in [-0.25, -0.2) is 18.6 Å². The predicted molar refractivity (Wildman–Crippen MR) is 162 cm³/mol. The molecule has 4 aromatic heterocycles. The molecule has 10 heteroatoms. The highest BCUT2D eigenvalue weighted by Crippen LogP contribution is 2.24. The monoisotopic (exact) mass is 581 g/mol. The zero-order valence-corrected chi connectivity index (χ0v) is 23.8. The number of hydrogen-bond donors (Lipinski definition) is 2. The highest BCUT2D eigenvalue weighted by atomic mass is 16.5. The van der Waals surface area contributed by atoms with Crippen LogP contribution in [0.4, 0.5) is 0 Å². The predicted octanol–water partition coefficient (Wildman–Crippen LogP) is 4.83. The molecule has 0 aliphatic carbocycles. The molecule has 10 nitrogen and oxygen atoms in total. The Labute approximate surface area is 249 Å². The van der Waals surface area contributed by atoms with E-state index in [9.17, 15) is 9.59 Å². The molecule has 0 bridgehead atoms. The van der Waals surface area contributed by atoms with Gasteiger partial charge in [0.2, 0.25) is 0 Å². The molecule has 0 radical (unpaired) electrons. The summed E-state index contributed by atoms with van der Waals surface area (Å²) in [6.07, 6.45) is 8.99. The quantitative estimate of drug-likeness (QED) is 0.168. The van der Waals surface area contributed by atoms with Crippen LogP contribution in [0.5, 0.6) is 0 Å². The lowest BCUT2D eigenvalue weighted by molar-refractivity contribution is -0.134. The molecule has 0 spiro atoms. The van der Waals surface area contributed by atoms with E-state index in [1.165, 1.54) is 11.1 Å². The summed E-state index contributed by atoms with van der Waals surface area (Å²) in [6, 6.07) is 25.3. The highest BCUT2D eigenvalue weighted by molar-refractivity contribution is 5.89. The first-order chi connectivity index (χ1) is 20.9. The number of carbonyl (C=O) groups is 2. The Morgan fingerprint density at radius 3 is 2.16 bits per heavy atom. The Balaban J connectivity index is 0.000000407. The third-order valence-corrected chi connectivity index (χ3v) is 7.30. The van der Waals surface area contributed by atoms with Gasteiger partial charge >= 0.3 is 11.9 Å². The third-order valence-electron chi connectivity index (χ3n) is 7.30. The van der Waals surface area contributed by atoms with Gasteiger partial charge < -0.3 is 14.9 Å². The van der Waals surface area contributed by atoms with Gasteiger partial charge in [0.15, 0.2) is 0 Å². The Morgan fingerprint density at radius 2 is 1.49 bits per heavy atom. The molecule has 0 saturated carbocycles. The number of unbranched alkanes of at least 4 members (excludes halogenated alkanes) is 1. The zero-order valence-electron chi connectivity index (χ0n) is 23.8. The maximum absolute atomic E-state index is 9.55. The van der Waals surface area contributed by atoms with Crippen molar-refractivity contribution >= 4 is 23.0 Å². The summed E-state index contributed by atoms with van der Waals surface area (Å²) in [5, 5.41) is 25.2. The number of nitrogens with zero attached hydrogens (tertiary/aromatic N) is 5. The SMILES string of the molecule is O=C(O)C=CC(=O)O.c1ccc2c(c1)CCN(CCCCOC(Cc1cc3ccccn3n1)c1cc3ccccn3n1)C2. The van der Waals surface area contributed by atoms with Crippen molar-refractivity contribution in [2.75, 3.05) is 19.7 Å². The summed E-state index contributed by atoms with van der Waals surface area (Å²) in [4.78, 5) is 21.7. The Bertz CT molecular complexity index is 1630. The summed E-state index contributed by atoms with van der Waals surface area (Å²) in [5.41, 5.74) is 7.14. The highest BCUT2D eigenvalue weighted by Gasteiger charge is 2.19. The maximum Gasteiger partial charge on any atom is 0.328 e. The van der Waals surface area contributed by atoms with E-state index < -0.39 is 11.9 Å². The molecular weight excluding hydrogens is 546 g/mol. The number of carboxylic acids is 2. The van der Waals surface area contributed by atoms with E-state index >= 15 is 0 Å². The largest absolute Gasteiger partial charge is 0.478 e. The number of carboxylic acid groups (broad SMARTS) is 2. The second-order valence-corrected chi connectivity index (χ2v) is 10.4. The topological polar surface area (TPSA) is 122 Å². The summed E-state index contributed by atoms with van der Waals surface area (Å²) in [6.45, 7) is 4.05. The first kappa shape index (κ1) is 29.7. The molecule has 0 amide bonds. The van der Waals surface area contributed by atoms with E-state index in [0.29, 0.717) is 18.6 Å². The summed E-state index contributed by atoms with van der Waals surface area (Å²) >= 11 is 0. The second kappa shape index (κ2) is 14.4. The van der Waals surface area contributed by atoms with Crippen molar-refractivity contribution in [2.45, 2.75) is 38.3 Å². The van der Waals surface area contributed by atoms with Crippen LogP contribution in [0.1, 0.15) is 41.5 Å². The summed E-state index contributed by atoms with van der Waals surface area (Å²) in [7, 11) is 0. The average molecular weight is 582 g/mol. The van der Waals surface area contributed by atoms with Crippen LogP contribution in [-0.2, 0) is 33.7 Å². The first-order valence-electron chi connectivity index (χ1n) is 14.4. The van der Waals surface area contributed by atoms with Crippen LogP contribution in [0.15, 0.2) is 97.3 Å². The van der Waals surface area contributed by atoms with Crippen LogP contribution in [-0.4, -0.2) is 66.0 Å². The van der Waals surface area contributed by atoms with Crippen molar-refractivity contribution in [3.05, 3.63) is 120 Å². The van der Waals surface area contributed by atoms with Gasteiger partial charge in [-0.1, -0.05) is 36.4 Å². The lowest BCUT2D eigenvalue weighted by Crippen LogP contribution is -2.31. The molecular formula is C33H35N5O5. The lowest BCUT2D eigenvalue weighted by atomic mass is 10.00. The molecule has 1 aliphatic heterocycles. The normalized spacial score (nSPS) is 14.0. The van der Waals surface area contributed by atoms with Gasteiger partial charge in [-0.15, -0.1) is 0 Å². The summed E-state index contributed by atoms with van der Waals surface area (Å²) < 4.78 is 10.3. The molecule has 1 atom stereocenters. The molecule has 1 aromatic carbocycles. The fourth-order valence-electron chi connectivity index (χ4n) is 5.20. The molecule has 5 heterocycles. The minimum absolute atomic E-state index is 0.123. The van der Waals surface area contributed by atoms with E-state index in [1.54, 1.807) is 0 Å². The summed E-state index contributed by atoms with van der Waals surface area (Å²) in [5.74, 6) is -2.51. The number of benzene rings is 1. The van der Waals surface area contributed by atoms with E-state index in [-0.39, 0.29) is 6.10 Å². The van der Waals surface area contributed by atoms with Crippen molar-refractivity contribution in [2.24, 2.45) is 0 Å². The fourth-order valence-corrected chi connectivity index (χ4v) is 5.20. The molecule has 0 saturated heterocycles. The van der Waals surface area contributed by atoms with E-state index in [2.05, 4.69) is 53.4 Å². The lowest BCUT2D eigenvalue weighted by Gasteiger charge is -2.28. The molecule has 0 fully saturated rings. The third kappa shape index (κ3) is 8.37. The molecule has 43 heavy (non-hydrogen) atoms. The van der Waals surface area contributed by atoms with Crippen LogP contribution in [0.3, 0.4) is 0 Å². The average Bonchev–Trinajstić information content (AvgIpc) is 3.63. The van der Waals surface area contributed by atoms with Gasteiger partial charge in [0.1, 0.15) is 6.10 Å². The minimum Gasteiger partial charge on any atom is -0.478 e. The van der Waals surface area contributed by atoms with Crippen molar-refractivity contribution in [1.82, 2.24) is 24.1 Å². The first-order valence-corrected chi connectivity index (χ1v) is 14.4. The Hall–Kier alpha value is -4.80. The van der Waals surface area contributed by atoms with Gasteiger partial charge in [-0.3, -0.25) is 4.90 Å². The second-order valence-electron chi connectivity index (χ2n) is 10.4. The van der Waals surface area contributed by atoms with Crippen molar-refractivity contribution in [3.63, 3.8) is 0 Å². The number of aliphatic carboxylic acids is 2. The number of pyridine rings is 2. The molecule has 2 N–H and O–H groups in total. The van der Waals surface area contributed by atoms with Crippen LogP contribution in [0, 0.1) is 0 Å². The van der Waals surface area contributed by atoms with Gasteiger partial charge in [0.05, 0.1) is 22.4 Å². The number of fused-ring (bicyclic) bond motifs is 3. The number of ether oxygens (including phenoxy) is 1. The minimum atomic E-state index is -1.26. The Kier molecular flexibility index (Phi) is 9.94. The smallest absolute Gasteiger partial charge is 0.328 e. The molecule has 6 rings (SSSR count). The van der Waals surface area contributed by atoms with Crippen LogP contribution < -0.4 is 0 Å². The van der Waals surface area contributed by atoms with E-state index in [1.807, 2.05) is 45.7 Å². The van der Waals surface area contributed by atoms with Crippen molar-refractivity contribution in [3.8, 4) is 0 Å². The van der Waals surface area contributed by atoms with Crippen molar-refractivity contribution in [1.29, 1.82) is 0 Å². The van der Waals surface area contributed by atoms with Crippen molar-refractivity contribution < 1.29 is 24.5 Å². The molecule has 1 unspecified atom stereocenters. The number of hydrogen-bond acceptors (Lipinski definition) is 6. The number of rotatable bonds is 11. The van der Waals surface area contributed by atoms with Gasteiger partial charge in [-0.05, 0) is 73.3 Å². The van der Waals surface area contributed by atoms with Crippen LogP contribution >= 0.6 is 0 Å². The van der Waals surface area contributed by atoms with Crippen LogP contribution in [0.2, 0.25) is 0 Å². The standard InChI is InChI=1S/C29H31N5O.C4H4O4/c1-2-10-24-22-32(17-13-23(24)9-1)14-7-8-18-35-29(28-21-27-12-4-6-16-34(27)31-28)20-25-19-26-11-3-5-15-33(26)30-25;5-3(6)1-2-4(7)8/h1-6,9-12,15-16,19,21,29H,7-8,13-14,17-18,20,22H2;1-2H,(H,5,6)(H,7,8). The van der Waals surface area contributed by atoms with Crippen LogP contribution in [0.25, 0.3) is 11.0 Å². The van der Waals surface area contributed by atoms with Gasteiger partial charge in [-0.2, -0.15) is 10.2 Å². The molecule has 5 aromatic rings. The number of aromatic nitrogens is 4. The van der Waals surface area contributed by atoms with E-state index in [4.69, 9.17) is 25.1 Å². The Morgan fingerprint density at radius 1 is 0.837 bits per heavy atom. The van der Waals surface area contributed by atoms with Gasteiger partial charge in [0, 0.05) is 50.7 Å². The fraction of sp³-hybridized carbons (Fsp3) is 0.273. The molecule has 222 valence electrons. The zero-order chi connectivity index (χ0) is 30.0.